The number of hydrogen-bond donors (Lipinski definition) is 1. The molecule has 10 heteroatoms. The first-order valence-corrected chi connectivity index (χ1v) is 16.6. The molecule has 5 aromatic carbocycles. The van der Waals surface area contributed by atoms with Gasteiger partial charge < -0.3 is 9.84 Å². The van der Waals surface area contributed by atoms with Gasteiger partial charge in [-0.3, -0.25) is 0 Å². The van der Waals surface area contributed by atoms with Crippen molar-refractivity contribution >= 4 is 23.3 Å². The van der Waals surface area contributed by atoms with Crippen LogP contribution in [-0.2, 0) is 17.1 Å². The van der Waals surface area contributed by atoms with Crippen LogP contribution in [0.4, 0.5) is 26.3 Å². The summed E-state index contributed by atoms with van der Waals surface area (Å²) in [6.07, 6.45) is -8.15. The van der Waals surface area contributed by atoms with Gasteiger partial charge in [-0.05, 0) is 100 Å². The Kier molecular flexibility index (Phi) is 11.1. The van der Waals surface area contributed by atoms with Crippen molar-refractivity contribution in [3.63, 3.8) is 0 Å². The monoisotopic (exact) mass is 706 g/mol. The highest BCUT2D eigenvalue weighted by Crippen LogP contribution is 2.37. The summed E-state index contributed by atoms with van der Waals surface area (Å²) in [4.78, 5) is 11.9. The quantitative estimate of drug-likeness (QED) is 0.110. The van der Waals surface area contributed by atoms with Crippen molar-refractivity contribution in [1.82, 2.24) is 0 Å². The fourth-order valence-corrected chi connectivity index (χ4v) is 6.59. The third kappa shape index (κ3) is 8.98. The van der Waals surface area contributed by atoms with Gasteiger partial charge in [-0.1, -0.05) is 85.3 Å². The molecule has 5 rings (SSSR count). The molecule has 0 spiro atoms. The van der Waals surface area contributed by atoms with Crippen molar-refractivity contribution in [2.75, 3.05) is 12.4 Å². The van der Waals surface area contributed by atoms with E-state index in [0.717, 1.165) is 68.1 Å². The maximum absolute atomic E-state index is 13.1. The normalized spacial score (nSPS) is 11.7. The molecule has 0 aliphatic rings. The number of ether oxygens (including phenoxy) is 1. The lowest BCUT2D eigenvalue weighted by atomic mass is 9.90. The number of carboxylic acids is 1. The molecule has 1 N–H and O–H groups in total. The predicted molar refractivity (Wildman–Crippen MR) is 185 cm³/mol. The number of aliphatic carboxylic acids is 1. The zero-order valence-corrected chi connectivity index (χ0v) is 27.8. The van der Waals surface area contributed by atoms with E-state index in [1.165, 1.54) is 24.3 Å². The van der Waals surface area contributed by atoms with Crippen molar-refractivity contribution < 1.29 is 41.0 Å². The molecule has 0 saturated heterocycles. The van der Waals surface area contributed by atoms with Gasteiger partial charge in [-0.2, -0.15) is 26.3 Å². The number of carboxylic acid groups (broad SMARTS) is 1. The fraction of sp³-hybridized carbons (Fsp3) is 0.175. The lowest BCUT2D eigenvalue weighted by Gasteiger charge is -2.17. The molecule has 0 heterocycles. The van der Waals surface area contributed by atoms with E-state index in [9.17, 15) is 31.1 Å². The van der Waals surface area contributed by atoms with E-state index < -0.39 is 36.1 Å². The van der Waals surface area contributed by atoms with Gasteiger partial charge in [0.1, 0.15) is 5.75 Å². The molecule has 0 aromatic heterocycles. The van der Waals surface area contributed by atoms with Gasteiger partial charge >= 0.3 is 18.3 Å². The number of halogens is 6. The van der Waals surface area contributed by atoms with Crippen LogP contribution in [-0.4, -0.2) is 23.4 Å². The summed E-state index contributed by atoms with van der Waals surface area (Å²) < 4.78 is 84.0. The van der Waals surface area contributed by atoms with Crippen LogP contribution >= 0.6 is 11.8 Å². The van der Waals surface area contributed by atoms with Crippen LogP contribution in [0.5, 0.6) is 5.75 Å². The maximum atomic E-state index is 13.1. The van der Waals surface area contributed by atoms with Crippen LogP contribution in [0.3, 0.4) is 0 Å². The lowest BCUT2D eigenvalue weighted by Crippen LogP contribution is -2.10. The second-order valence-corrected chi connectivity index (χ2v) is 12.6. The van der Waals surface area contributed by atoms with Crippen LogP contribution in [0.15, 0.2) is 126 Å². The summed E-state index contributed by atoms with van der Waals surface area (Å²) in [5, 5.41) is 8.94. The Morgan fingerprint density at radius 2 is 1.08 bits per heavy atom. The molecule has 5 aromatic rings. The van der Waals surface area contributed by atoms with Gasteiger partial charge in [0.25, 0.3) is 0 Å². The number of benzene rings is 5. The molecule has 0 aliphatic heterocycles. The van der Waals surface area contributed by atoms with Crippen LogP contribution in [0.1, 0.15) is 41.2 Å². The summed E-state index contributed by atoms with van der Waals surface area (Å²) in [5.74, 6) is 0.0416. The SMILES string of the molecule is CCC(CSc1ccc(OCC(=O)O)c(C)c1)=C(c1ccc(-c2ccc(C(F)(F)F)cc2)cc1)c1ccc(-c2ccc(C(F)(F)F)cc2)cc1. The summed E-state index contributed by atoms with van der Waals surface area (Å²) in [7, 11) is 0. The largest absolute Gasteiger partial charge is 0.482 e. The van der Waals surface area contributed by atoms with Gasteiger partial charge in [0.15, 0.2) is 6.61 Å². The molecule has 50 heavy (non-hydrogen) atoms. The Bertz CT molecular complexity index is 1860. The number of alkyl halides is 6. The second kappa shape index (κ2) is 15.3. The minimum Gasteiger partial charge on any atom is -0.482 e. The highest BCUT2D eigenvalue weighted by molar-refractivity contribution is 7.99. The summed E-state index contributed by atoms with van der Waals surface area (Å²) >= 11 is 1.61. The number of thioether (sulfide) groups is 1. The molecule has 0 radical (unpaired) electrons. The second-order valence-electron chi connectivity index (χ2n) is 11.5. The van der Waals surface area contributed by atoms with Crippen LogP contribution in [0.25, 0.3) is 27.8 Å². The van der Waals surface area contributed by atoms with E-state index in [2.05, 4.69) is 6.92 Å². The van der Waals surface area contributed by atoms with E-state index in [4.69, 9.17) is 9.84 Å². The predicted octanol–water partition coefficient (Wildman–Crippen LogP) is 11.8. The molecular formula is C40H32F6O3S. The van der Waals surface area contributed by atoms with Gasteiger partial charge in [0.2, 0.25) is 0 Å². The first kappa shape index (κ1) is 36.3. The molecule has 0 bridgehead atoms. The maximum Gasteiger partial charge on any atom is 0.416 e. The number of rotatable bonds is 11. The van der Waals surface area contributed by atoms with Crippen molar-refractivity contribution in [1.29, 1.82) is 0 Å². The van der Waals surface area contributed by atoms with E-state index in [0.29, 0.717) is 29.1 Å². The summed E-state index contributed by atoms with van der Waals surface area (Å²) in [6, 6.07) is 30.8. The zero-order valence-electron chi connectivity index (χ0n) is 27.0. The number of aryl methyl sites for hydroxylation is 1. The van der Waals surface area contributed by atoms with E-state index in [-0.39, 0.29) is 0 Å². The molecule has 0 saturated carbocycles. The van der Waals surface area contributed by atoms with Crippen molar-refractivity contribution in [2.24, 2.45) is 0 Å². The van der Waals surface area contributed by atoms with E-state index >= 15 is 0 Å². The van der Waals surface area contributed by atoms with Gasteiger partial charge in [-0.15, -0.1) is 11.8 Å². The van der Waals surface area contributed by atoms with Crippen LogP contribution < -0.4 is 4.74 Å². The summed E-state index contributed by atoms with van der Waals surface area (Å²) in [6.45, 7) is 3.46. The smallest absolute Gasteiger partial charge is 0.416 e. The highest BCUT2D eigenvalue weighted by atomic mass is 32.2. The standard InChI is InChI=1S/C40H32F6O3S/c1-3-26(24-50-35-20-21-36(25(2)22-35)49-23-37(47)48)38(31-8-4-27(5-9-31)29-12-16-33(17-13-29)39(41,42)43)32-10-6-28(7-11-32)30-14-18-34(19-15-30)40(44,45)46/h4-22H,3,23-24H2,1-2H3,(H,47,48). The lowest BCUT2D eigenvalue weighted by molar-refractivity contribution is -0.139. The number of carbonyl (C=O) groups is 1. The highest BCUT2D eigenvalue weighted by Gasteiger charge is 2.30. The van der Waals surface area contributed by atoms with Crippen molar-refractivity contribution in [2.45, 2.75) is 37.5 Å². The molecule has 0 aliphatic carbocycles. The summed E-state index contributed by atoms with van der Waals surface area (Å²) in [5.41, 5.74) is 6.05. The van der Waals surface area contributed by atoms with E-state index in [1.807, 2.05) is 67.6 Å². The Labute approximate surface area is 290 Å². The van der Waals surface area contributed by atoms with Crippen molar-refractivity contribution in [3.8, 4) is 28.0 Å². The van der Waals surface area contributed by atoms with Crippen LogP contribution in [0.2, 0.25) is 0 Å². The van der Waals surface area contributed by atoms with Gasteiger partial charge in [-0.25, -0.2) is 4.79 Å². The molecular weight excluding hydrogens is 674 g/mol. The minimum absolute atomic E-state index is 0.436. The minimum atomic E-state index is -4.42. The molecule has 0 unspecified atom stereocenters. The molecule has 3 nitrogen and oxygen atoms in total. The Morgan fingerprint density at radius 1 is 0.660 bits per heavy atom. The van der Waals surface area contributed by atoms with E-state index in [1.54, 1.807) is 17.8 Å². The molecule has 0 fully saturated rings. The van der Waals surface area contributed by atoms with Gasteiger partial charge in [0, 0.05) is 10.6 Å². The topological polar surface area (TPSA) is 46.5 Å². The van der Waals surface area contributed by atoms with Crippen molar-refractivity contribution in [3.05, 3.63) is 149 Å². The Hall–Kier alpha value is -4.96. The van der Waals surface area contributed by atoms with Crippen LogP contribution in [0, 0.1) is 6.92 Å². The average molecular weight is 707 g/mol. The van der Waals surface area contributed by atoms with Gasteiger partial charge in [0.05, 0.1) is 11.1 Å². The number of hydrogen-bond acceptors (Lipinski definition) is 3. The Morgan fingerprint density at radius 3 is 1.44 bits per heavy atom. The third-order valence-corrected chi connectivity index (χ3v) is 9.21. The Balaban J connectivity index is 1.48. The average Bonchev–Trinajstić information content (AvgIpc) is 3.09. The first-order valence-electron chi connectivity index (χ1n) is 15.6. The fourth-order valence-electron chi connectivity index (χ4n) is 5.47. The first-order chi connectivity index (χ1) is 23.7. The molecule has 258 valence electrons. The third-order valence-electron chi connectivity index (χ3n) is 8.13. The molecule has 0 amide bonds. The zero-order chi connectivity index (χ0) is 36.1. The molecule has 0 atom stereocenters.